The molecule has 0 saturated carbocycles. The second-order valence-electron chi connectivity index (χ2n) is 5.78. The molecule has 8 nitrogen and oxygen atoms in total. The number of hydrogen-bond donors (Lipinski definition) is 0. The van der Waals surface area contributed by atoms with Crippen molar-refractivity contribution in [3.8, 4) is 0 Å². The fraction of sp³-hybridized carbons (Fsp3) is 0.778. The van der Waals surface area contributed by atoms with E-state index in [1.807, 2.05) is 27.7 Å². The van der Waals surface area contributed by atoms with Gasteiger partial charge in [0.2, 0.25) is 0 Å². The van der Waals surface area contributed by atoms with Crippen molar-refractivity contribution in [2.45, 2.75) is 80.4 Å². The van der Waals surface area contributed by atoms with Gasteiger partial charge in [0.25, 0.3) is 0 Å². The second kappa shape index (κ2) is 21.4. The summed E-state index contributed by atoms with van der Waals surface area (Å²) in [6, 6.07) is 0. The van der Waals surface area contributed by atoms with Crippen LogP contribution in [0.5, 0.6) is 0 Å². The van der Waals surface area contributed by atoms with Crippen molar-refractivity contribution >= 4 is 23.5 Å². The Balaban J connectivity index is -0.000000320. The van der Waals surface area contributed by atoms with Gasteiger partial charge in [-0.15, -0.1) is 0 Å². The average Bonchev–Trinajstić information content (AvgIpc) is 2.46. The van der Waals surface area contributed by atoms with E-state index in [4.69, 9.17) is 5.63 Å². The van der Waals surface area contributed by atoms with Crippen molar-refractivity contribution in [3.63, 3.8) is 0 Å². The summed E-state index contributed by atoms with van der Waals surface area (Å²) < 4.78 is 19.6. The summed E-state index contributed by atoms with van der Waals surface area (Å²) in [5.74, 6) is -1.20. The molecule has 0 atom stereocenters. The first-order valence-corrected chi connectivity index (χ1v) is 10.8. The van der Waals surface area contributed by atoms with E-state index in [1.54, 1.807) is 13.8 Å². The summed E-state index contributed by atoms with van der Waals surface area (Å²) in [5, 5.41) is 0. The van der Waals surface area contributed by atoms with Crippen LogP contribution in [0.1, 0.15) is 68.2 Å². The predicted octanol–water partition coefficient (Wildman–Crippen LogP) is 2.81. The normalized spacial score (nSPS) is 9.41. The fourth-order valence-electron chi connectivity index (χ4n) is 1.05. The van der Waals surface area contributed by atoms with Gasteiger partial charge in [-0.3, -0.25) is 19.2 Å². The molecule has 0 N–H and O–H groups in total. The van der Waals surface area contributed by atoms with Crippen molar-refractivity contribution in [2.75, 3.05) is 13.2 Å². The van der Waals surface area contributed by atoms with Crippen molar-refractivity contribution in [1.29, 1.82) is 0 Å². The van der Waals surface area contributed by atoms with Crippen molar-refractivity contribution in [2.24, 2.45) is 0 Å². The molecule has 0 rings (SSSR count). The van der Waals surface area contributed by atoms with Crippen molar-refractivity contribution in [3.05, 3.63) is 0 Å². The van der Waals surface area contributed by atoms with E-state index >= 15 is 0 Å². The van der Waals surface area contributed by atoms with Gasteiger partial charge in [-0.2, -0.15) is 0 Å². The van der Waals surface area contributed by atoms with Crippen LogP contribution in [0.25, 0.3) is 0 Å². The van der Waals surface area contributed by atoms with E-state index in [-0.39, 0.29) is 24.4 Å². The molecule has 0 heterocycles. The summed E-state index contributed by atoms with van der Waals surface area (Å²) in [7, 11) is 0. The maximum absolute atomic E-state index is 10.4. The molecule has 0 aromatic heterocycles. The second-order valence-corrected chi connectivity index (χ2v) is 7.35. The minimum absolute atomic E-state index is 0.103. The number of ketones is 2. The minimum Gasteiger partial charge on any atom is -0.466 e. The summed E-state index contributed by atoms with van der Waals surface area (Å²) >= 11 is -0.929. The molecule has 0 spiro atoms. The topological polar surface area (TPSA) is 105 Å². The third-order valence-corrected chi connectivity index (χ3v) is 4.76. The molecular weight excluding hydrogens is 435 g/mol. The first-order valence-electron chi connectivity index (χ1n) is 8.82. The van der Waals surface area contributed by atoms with Crippen LogP contribution < -0.4 is 0 Å². The molecule has 0 fully saturated rings. The number of carbonyl (C=O) groups excluding carboxylic acids is 4. The third-order valence-electron chi connectivity index (χ3n) is 1.96. The van der Waals surface area contributed by atoms with Crippen LogP contribution in [-0.2, 0) is 58.4 Å². The Morgan fingerprint density at radius 3 is 1.19 bits per heavy atom. The van der Waals surface area contributed by atoms with Gasteiger partial charge in [-0.1, -0.05) is 0 Å². The van der Waals surface area contributed by atoms with Gasteiger partial charge in [0.05, 0.1) is 13.2 Å². The van der Waals surface area contributed by atoms with Crippen LogP contribution >= 0.6 is 0 Å². The van der Waals surface area contributed by atoms with E-state index in [0.717, 1.165) is 0 Å². The van der Waals surface area contributed by atoms with Gasteiger partial charge in [0.15, 0.2) is 0 Å². The number of carbonyl (C=O) groups is 4. The van der Waals surface area contributed by atoms with Crippen molar-refractivity contribution in [1.82, 2.24) is 0 Å². The zero-order valence-electron chi connectivity index (χ0n) is 17.7. The Bertz CT molecular complexity index is 384. The molecule has 0 saturated heterocycles. The van der Waals surface area contributed by atoms with Crippen LogP contribution in [0.3, 0.4) is 0 Å². The minimum atomic E-state index is -0.929. The van der Waals surface area contributed by atoms with E-state index < -0.39 is 36.1 Å². The Morgan fingerprint density at radius 2 is 1.00 bits per heavy atom. The molecule has 0 aromatic rings. The smallest absolute Gasteiger partial charge is 0.313 e. The van der Waals surface area contributed by atoms with E-state index in [2.05, 4.69) is 9.47 Å². The summed E-state index contributed by atoms with van der Waals surface area (Å²) in [6.45, 7) is 14.9. The third kappa shape index (κ3) is 36.7. The molecule has 27 heavy (non-hydrogen) atoms. The van der Waals surface area contributed by atoms with Crippen LogP contribution in [0.15, 0.2) is 0 Å². The Morgan fingerprint density at radius 1 is 0.704 bits per heavy atom. The molecule has 158 valence electrons. The molecular formula is C18H34O8Zr. The van der Waals surface area contributed by atoms with Gasteiger partial charge in [0.1, 0.15) is 24.4 Å². The summed E-state index contributed by atoms with van der Waals surface area (Å²) in [5.41, 5.74) is 0. The van der Waals surface area contributed by atoms with Gasteiger partial charge in [-0.25, -0.2) is 0 Å². The monoisotopic (exact) mass is 468 g/mol. The number of esters is 2. The van der Waals surface area contributed by atoms with E-state index in [1.165, 1.54) is 13.8 Å². The first-order chi connectivity index (χ1) is 12.5. The number of ether oxygens (including phenoxy) is 2. The number of Topliss-reactive ketones (excluding diaryl/α,β-unsaturated/α-hetero) is 2. The molecule has 0 radical (unpaired) electrons. The molecule has 0 aliphatic heterocycles. The molecule has 0 aliphatic rings. The van der Waals surface area contributed by atoms with Crippen molar-refractivity contribution < 1.29 is 58.4 Å². The van der Waals surface area contributed by atoms with E-state index in [0.29, 0.717) is 25.4 Å². The van der Waals surface area contributed by atoms with Gasteiger partial charge >= 0.3 is 81.6 Å². The number of rotatable bonds is 10. The Hall–Kier alpha value is -0.917. The molecule has 0 aliphatic carbocycles. The molecule has 9 heteroatoms. The number of hydrogen-bond acceptors (Lipinski definition) is 8. The predicted molar refractivity (Wildman–Crippen MR) is 96.3 cm³/mol. The van der Waals surface area contributed by atoms with Gasteiger partial charge < -0.3 is 9.47 Å². The molecule has 0 amide bonds. The van der Waals surface area contributed by atoms with Crippen LogP contribution in [0.4, 0.5) is 0 Å². The Labute approximate surface area is 175 Å². The SMILES string of the molecule is CC(C)[O][Zr][O]C(C)C.CCOC(=O)CC(C)=O.CCOC(=O)CC(C)=O. The summed E-state index contributed by atoms with van der Waals surface area (Å²) in [4.78, 5) is 41.3. The first kappa shape index (κ1) is 30.8. The zero-order chi connectivity index (χ0) is 21.8. The maximum atomic E-state index is 10.4. The van der Waals surface area contributed by atoms with Gasteiger partial charge in [0, 0.05) is 0 Å². The molecule has 0 unspecified atom stereocenters. The van der Waals surface area contributed by atoms with Crippen LogP contribution in [0.2, 0.25) is 0 Å². The fourth-order valence-corrected chi connectivity index (χ4v) is 2.13. The van der Waals surface area contributed by atoms with Crippen LogP contribution in [-0.4, -0.2) is 48.9 Å². The molecule has 0 bridgehead atoms. The Kier molecular flexibility index (Phi) is 24.4. The van der Waals surface area contributed by atoms with E-state index in [9.17, 15) is 19.2 Å². The average molecular weight is 470 g/mol. The molecule has 0 aromatic carbocycles. The van der Waals surface area contributed by atoms with Crippen LogP contribution in [0, 0.1) is 0 Å². The summed E-state index contributed by atoms with van der Waals surface area (Å²) in [6.07, 6.45) is 0.479. The largest absolute Gasteiger partial charge is 0.466 e. The standard InChI is InChI=1S/2C6H10O3.2C3H7O.Zr/c2*1-3-9-6(8)4-5(2)7;2*1-3(2)4;/h2*3-4H2,1-2H3;2*3H,1-2H3;/q;;2*-1;+2. The quantitative estimate of drug-likeness (QED) is 0.355. The van der Waals surface area contributed by atoms with Gasteiger partial charge in [-0.05, 0) is 27.7 Å². The maximum Gasteiger partial charge on any atom is 0.313 e. The zero-order valence-corrected chi connectivity index (χ0v) is 20.2.